The van der Waals surface area contributed by atoms with Crippen molar-refractivity contribution in [2.75, 3.05) is 6.54 Å². The van der Waals surface area contributed by atoms with Crippen LogP contribution in [0.15, 0.2) is 59.1 Å². The first-order valence-corrected chi connectivity index (χ1v) is 7.66. The standard InChI is InChI=1S/C18H15ClN2O2/c1-2-20-17(22)14-5-3-4-6-15(14)18-21-11-16(23-18)12-7-9-13(19)10-8-12/h3-11H,2H2,1H3,(H,20,22). The fourth-order valence-corrected chi connectivity index (χ4v) is 2.40. The molecule has 4 nitrogen and oxygen atoms in total. The first-order valence-electron chi connectivity index (χ1n) is 7.28. The molecule has 1 amide bonds. The van der Waals surface area contributed by atoms with E-state index in [-0.39, 0.29) is 5.91 Å². The van der Waals surface area contributed by atoms with Crippen LogP contribution in [0.2, 0.25) is 5.02 Å². The number of aromatic nitrogens is 1. The Morgan fingerprint density at radius 3 is 2.65 bits per heavy atom. The van der Waals surface area contributed by atoms with E-state index >= 15 is 0 Å². The average molecular weight is 327 g/mol. The average Bonchev–Trinajstić information content (AvgIpc) is 3.05. The highest BCUT2D eigenvalue weighted by molar-refractivity contribution is 6.30. The summed E-state index contributed by atoms with van der Waals surface area (Å²) < 4.78 is 5.83. The number of nitrogens with zero attached hydrogens (tertiary/aromatic N) is 1. The number of hydrogen-bond acceptors (Lipinski definition) is 3. The SMILES string of the molecule is CCNC(=O)c1ccccc1-c1ncc(-c2ccc(Cl)cc2)o1. The Bertz CT molecular complexity index is 825. The Morgan fingerprint density at radius 1 is 1.17 bits per heavy atom. The van der Waals surface area contributed by atoms with Crippen molar-refractivity contribution >= 4 is 17.5 Å². The van der Waals surface area contributed by atoms with Gasteiger partial charge in [0.1, 0.15) is 0 Å². The highest BCUT2D eigenvalue weighted by Crippen LogP contribution is 2.28. The molecule has 1 heterocycles. The largest absolute Gasteiger partial charge is 0.436 e. The van der Waals surface area contributed by atoms with E-state index < -0.39 is 0 Å². The zero-order valence-electron chi connectivity index (χ0n) is 12.5. The van der Waals surface area contributed by atoms with Crippen molar-refractivity contribution in [1.82, 2.24) is 10.3 Å². The maximum absolute atomic E-state index is 12.2. The van der Waals surface area contributed by atoms with Gasteiger partial charge in [-0.25, -0.2) is 4.98 Å². The summed E-state index contributed by atoms with van der Waals surface area (Å²) in [4.78, 5) is 16.5. The van der Waals surface area contributed by atoms with Crippen LogP contribution in [0.4, 0.5) is 0 Å². The van der Waals surface area contributed by atoms with Gasteiger partial charge in [-0.05, 0) is 43.3 Å². The molecule has 2 aromatic carbocycles. The van der Waals surface area contributed by atoms with Crippen LogP contribution in [0.1, 0.15) is 17.3 Å². The highest BCUT2D eigenvalue weighted by Gasteiger charge is 2.16. The summed E-state index contributed by atoms with van der Waals surface area (Å²) >= 11 is 5.89. The molecule has 0 spiro atoms. The molecule has 0 fully saturated rings. The van der Waals surface area contributed by atoms with Gasteiger partial charge in [0.05, 0.1) is 11.8 Å². The predicted octanol–water partition coefficient (Wildman–Crippen LogP) is 4.41. The van der Waals surface area contributed by atoms with Gasteiger partial charge in [-0.15, -0.1) is 0 Å². The summed E-state index contributed by atoms with van der Waals surface area (Å²) in [5.41, 5.74) is 2.08. The summed E-state index contributed by atoms with van der Waals surface area (Å²) in [7, 11) is 0. The Morgan fingerprint density at radius 2 is 1.91 bits per heavy atom. The topological polar surface area (TPSA) is 55.1 Å². The number of benzene rings is 2. The van der Waals surface area contributed by atoms with E-state index in [4.69, 9.17) is 16.0 Å². The smallest absolute Gasteiger partial charge is 0.252 e. The third-order valence-electron chi connectivity index (χ3n) is 3.37. The molecular weight excluding hydrogens is 312 g/mol. The van der Waals surface area contributed by atoms with Gasteiger partial charge in [0.2, 0.25) is 5.89 Å². The highest BCUT2D eigenvalue weighted by atomic mass is 35.5. The Balaban J connectivity index is 1.98. The normalized spacial score (nSPS) is 10.5. The molecule has 0 unspecified atom stereocenters. The molecule has 1 N–H and O–H groups in total. The van der Waals surface area contributed by atoms with Crippen LogP contribution in [0.25, 0.3) is 22.8 Å². The number of halogens is 1. The molecule has 0 saturated carbocycles. The molecule has 0 atom stereocenters. The van der Waals surface area contributed by atoms with Crippen LogP contribution < -0.4 is 5.32 Å². The molecule has 0 bridgehead atoms. The van der Waals surface area contributed by atoms with E-state index in [1.807, 2.05) is 37.3 Å². The maximum Gasteiger partial charge on any atom is 0.252 e. The summed E-state index contributed by atoms with van der Waals surface area (Å²) in [5, 5.41) is 3.46. The second-order valence-corrected chi connectivity index (χ2v) is 5.38. The third-order valence-corrected chi connectivity index (χ3v) is 3.63. The maximum atomic E-state index is 12.2. The van der Waals surface area contributed by atoms with Crippen LogP contribution in [-0.4, -0.2) is 17.4 Å². The zero-order chi connectivity index (χ0) is 16.2. The van der Waals surface area contributed by atoms with Crippen molar-refractivity contribution in [3.8, 4) is 22.8 Å². The lowest BCUT2D eigenvalue weighted by Crippen LogP contribution is -2.23. The first kappa shape index (κ1) is 15.3. The number of carbonyl (C=O) groups is 1. The van der Waals surface area contributed by atoms with E-state index in [0.717, 1.165) is 5.56 Å². The van der Waals surface area contributed by atoms with Gasteiger partial charge in [-0.3, -0.25) is 4.79 Å². The molecule has 0 saturated heterocycles. The Hall–Kier alpha value is -2.59. The van der Waals surface area contributed by atoms with Crippen molar-refractivity contribution in [3.05, 3.63) is 65.3 Å². The molecule has 116 valence electrons. The zero-order valence-corrected chi connectivity index (χ0v) is 13.3. The van der Waals surface area contributed by atoms with Gasteiger partial charge in [0, 0.05) is 22.7 Å². The van der Waals surface area contributed by atoms with E-state index in [2.05, 4.69) is 10.3 Å². The lowest BCUT2D eigenvalue weighted by molar-refractivity contribution is 0.0956. The Labute approximate surface area is 139 Å². The molecule has 1 aromatic heterocycles. The van der Waals surface area contributed by atoms with Crippen molar-refractivity contribution < 1.29 is 9.21 Å². The number of rotatable bonds is 4. The minimum Gasteiger partial charge on any atom is -0.436 e. The van der Waals surface area contributed by atoms with Gasteiger partial charge < -0.3 is 9.73 Å². The molecular formula is C18H15ClN2O2. The number of oxazole rings is 1. The number of carbonyl (C=O) groups excluding carboxylic acids is 1. The molecule has 3 aromatic rings. The van der Waals surface area contributed by atoms with Crippen molar-refractivity contribution in [3.63, 3.8) is 0 Å². The summed E-state index contributed by atoms with van der Waals surface area (Å²) in [6.45, 7) is 2.44. The van der Waals surface area contributed by atoms with E-state index in [9.17, 15) is 4.79 Å². The summed E-state index contributed by atoms with van der Waals surface area (Å²) in [5.74, 6) is 0.897. The number of hydrogen-bond donors (Lipinski definition) is 1. The second-order valence-electron chi connectivity index (χ2n) is 4.94. The molecule has 3 rings (SSSR count). The number of amides is 1. The first-order chi connectivity index (χ1) is 11.2. The second kappa shape index (κ2) is 6.67. The van der Waals surface area contributed by atoms with Gasteiger partial charge in [-0.1, -0.05) is 23.7 Å². The fraction of sp³-hybridized carbons (Fsp3) is 0.111. The lowest BCUT2D eigenvalue weighted by atomic mass is 10.1. The van der Waals surface area contributed by atoms with E-state index in [0.29, 0.717) is 34.3 Å². The quantitative estimate of drug-likeness (QED) is 0.772. The van der Waals surface area contributed by atoms with Gasteiger partial charge in [0.25, 0.3) is 5.91 Å². The monoisotopic (exact) mass is 326 g/mol. The van der Waals surface area contributed by atoms with E-state index in [1.54, 1.807) is 24.4 Å². The number of nitrogens with one attached hydrogen (secondary N) is 1. The van der Waals surface area contributed by atoms with Crippen molar-refractivity contribution in [2.24, 2.45) is 0 Å². The predicted molar refractivity (Wildman–Crippen MR) is 90.4 cm³/mol. The summed E-state index contributed by atoms with van der Waals surface area (Å²) in [6, 6.07) is 14.6. The van der Waals surface area contributed by atoms with Crippen LogP contribution in [0.5, 0.6) is 0 Å². The van der Waals surface area contributed by atoms with Crippen molar-refractivity contribution in [1.29, 1.82) is 0 Å². The molecule has 0 radical (unpaired) electrons. The van der Waals surface area contributed by atoms with Crippen molar-refractivity contribution in [2.45, 2.75) is 6.92 Å². The molecule has 0 aliphatic heterocycles. The summed E-state index contributed by atoms with van der Waals surface area (Å²) in [6.07, 6.45) is 1.65. The van der Waals surface area contributed by atoms with Gasteiger partial charge >= 0.3 is 0 Å². The van der Waals surface area contributed by atoms with Crippen LogP contribution in [0.3, 0.4) is 0 Å². The third kappa shape index (κ3) is 3.27. The molecule has 0 aliphatic rings. The molecule has 0 aliphatic carbocycles. The minimum absolute atomic E-state index is 0.144. The fourth-order valence-electron chi connectivity index (χ4n) is 2.27. The molecule has 23 heavy (non-hydrogen) atoms. The van der Waals surface area contributed by atoms with E-state index in [1.165, 1.54) is 0 Å². The Kier molecular flexibility index (Phi) is 4.44. The van der Waals surface area contributed by atoms with Crippen LogP contribution >= 0.6 is 11.6 Å². The lowest BCUT2D eigenvalue weighted by Gasteiger charge is -2.06. The minimum atomic E-state index is -0.144. The van der Waals surface area contributed by atoms with Crippen LogP contribution in [0, 0.1) is 0 Å². The van der Waals surface area contributed by atoms with Gasteiger partial charge in [0.15, 0.2) is 5.76 Å². The molecule has 5 heteroatoms. The van der Waals surface area contributed by atoms with Crippen LogP contribution in [-0.2, 0) is 0 Å². The van der Waals surface area contributed by atoms with Gasteiger partial charge in [-0.2, -0.15) is 0 Å².